The Kier molecular flexibility index (Phi) is 4.89. The Balaban J connectivity index is 1.32. The number of amides is 1. The summed E-state index contributed by atoms with van der Waals surface area (Å²) in [6, 6.07) is 20.5. The molecule has 0 unspecified atom stereocenters. The number of benzene rings is 2. The fraction of sp³-hybridized carbons (Fsp3) is 0.208. The van der Waals surface area contributed by atoms with Crippen LogP contribution in [0.1, 0.15) is 17.7 Å². The second kappa shape index (κ2) is 7.99. The van der Waals surface area contributed by atoms with Crippen molar-refractivity contribution in [2.75, 3.05) is 6.54 Å². The zero-order valence-electron chi connectivity index (χ0n) is 16.6. The molecule has 0 spiro atoms. The molecular weight excluding hydrogens is 376 g/mol. The van der Waals surface area contributed by atoms with Crippen LogP contribution in [0, 0.1) is 0 Å². The Morgan fingerprint density at radius 2 is 1.73 bits per heavy atom. The lowest BCUT2D eigenvalue weighted by molar-refractivity contribution is -0.132. The zero-order valence-corrected chi connectivity index (χ0v) is 16.6. The number of carbonyl (C=O) groups is 1. The van der Waals surface area contributed by atoms with Crippen molar-refractivity contribution < 1.29 is 9.32 Å². The van der Waals surface area contributed by atoms with E-state index >= 15 is 0 Å². The summed E-state index contributed by atoms with van der Waals surface area (Å²) in [4.78, 5) is 14.6. The highest BCUT2D eigenvalue weighted by molar-refractivity contribution is 5.77. The molecule has 30 heavy (non-hydrogen) atoms. The predicted molar refractivity (Wildman–Crippen MR) is 113 cm³/mol. The number of nitrogens with zero attached hydrogens (tertiary/aromatic N) is 4. The van der Waals surface area contributed by atoms with E-state index in [-0.39, 0.29) is 5.91 Å². The van der Waals surface area contributed by atoms with Crippen LogP contribution in [0.2, 0.25) is 0 Å². The molecule has 0 fully saturated rings. The van der Waals surface area contributed by atoms with Crippen LogP contribution in [-0.4, -0.2) is 32.3 Å². The van der Waals surface area contributed by atoms with Crippen LogP contribution >= 0.6 is 0 Å². The van der Waals surface area contributed by atoms with Gasteiger partial charge in [-0.25, -0.2) is 0 Å². The quantitative estimate of drug-likeness (QED) is 0.506. The molecule has 6 nitrogen and oxygen atoms in total. The third-order valence-electron chi connectivity index (χ3n) is 5.56. The summed E-state index contributed by atoms with van der Waals surface area (Å²) in [5.74, 6) is 1.01. The van der Waals surface area contributed by atoms with Crippen molar-refractivity contribution in [2.45, 2.75) is 25.9 Å². The first-order valence-corrected chi connectivity index (χ1v) is 10.2. The second-order valence-electron chi connectivity index (χ2n) is 7.46. The summed E-state index contributed by atoms with van der Waals surface area (Å²) in [6.07, 6.45) is 4.73. The monoisotopic (exact) mass is 398 g/mol. The van der Waals surface area contributed by atoms with E-state index in [4.69, 9.17) is 4.52 Å². The maximum absolute atomic E-state index is 12.7. The van der Waals surface area contributed by atoms with E-state index in [9.17, 15) is 4.79 Å². The van der Waals surface area contributed by atoms with Gasteiger partial charge >= 0.3 is 0 Å². The van der Waals surface area contributed by atoms with Crippen molar-refractivity contribution in [1.82, 2.24) is 19.8 Å². The molecule has 0 aliphatic carbocycles. The van der Waals surface area contributed by atoms with Gasteiger partial charge in [0.05, 0.1) is 6.54 Å². The molecule has 1 aliphatic heterocycles. The normalized spacial score (nSPS) is 13.3. The van der Waals surface area contributed by atoms with E-state index in [0.717, 1.165) is 28.1 Å². The van der Waals surface area contributed by atoms with E-state index in [1.165, 1.54) is 5.56 Å². The van der Waals surface area contributed by atoms with Gasteiger partial charge in [0.15, 0.2) is 0 Å². The van der Waals surface area contributed by atoms with Crippen LogP contribution in [-0.2, 0) is 24.3 Å². The van der Waals surface area contributed by atoms with Crippen LogP contribution < -0.4 is 0 Å². The molecule has 4 aromatic rings. The van der Waals surface area contributed by atoms with Crippen molar-refractivity contribution in [1.29, 1.82) is 0 Å². The fourth-order valence-corrected chi connectivity index (χ4v) is 3.90. The second-order valence-corrected chi connectivity index (χ2v) is 7.46. The first-order valence-electron chi connectivity index (χ1n) is 10.2. The standard InChI is InChI=1S/C24H22N4O2/c29-23(12-16-28-14-4-13-25-28)27-15-11-22-21(17-27)24(26-30-22)20-9-7-19(8-10-20)18-5-2-1-3-6-18/h1-10,13-14H,11-12,15-17H2. The van der Waals surface area contributed by atoms with Gasteiger partial charge in [-0.3, -0.25) is 9.48 Å². The molecule has 150 valence electrons. The summed E-state index contributed by atoms with van der Waals surface area (Å²) in [6.45, 7) is 1.78. The van der Waals surface area contributed by atoms with Gasteiger partial charge in [0, 0.05) is 49.5 Å². The SMILES string of the molecule is O=C(CCn1cccn1)N1CCc2onc(-c3ccc(-c4ccccc4)cc3)c2C1. The number of fused-ring (bicyclic) bond motifs is 1. The first-order chi connectivity index (χ1) is 14.8. The Morgan fingerprint density at radius 3 is 2.50 bits per heavy atom. The maximum Gasteiger partial charge on any atom is 0.224 e. The third-order valence-corrected chi connectivity index (χ3v) is 5.56. The molecule has 0 radical (unpaired) electrons. The number of aromatic nitrogens is 3. The molecule has 0 N–H and O–H groups in total. The smallest absolute Gasteiger partial charge is 0.224 e. The Hall–Kier alpha value is -3.67. The van der Waals surface area contributed by atoms with Crippen LogP contribution in [0.15, 0.2) is 77.6 Å². The lowest BCUT2D eigenvalue weighted by Gasteiger charge is -2.26. The van der Waals surface area contributed by atoms with E-state index in [1.54, 1.807) is 10.9 Å². The van der Waals surface area contributed by atoms with Crippen LogP contribution in [0.4, 0.5) is 0 Å². The van der Waals surface area contributed by atoms with Crippen LogP contribution in [0.3, 0.4) is 0 Å². The zero-order chi connectivity index (χ0) is 20.3. The minimum atomic E-state index is 0.128. The summed E-state index contributed by atoms with van der Waals surface area (Å²) < 4.78 is 7.39. The predicted octanol–water partition coefficient (Wildman–Crippen LogP) is 4.18. The van der Waals surface area contributed by atoms with Gasteiger partial charge in [-0.15, -0.1) is 0 Å². The highest BCUT2D eigenvalue weighted by atomic mass is 16.5. The molecule has 5 rings (SSSR count). The Labute approximate surface area is 174 Å². The molecular formula is C24H22N4O2. The molecule has 1 amide bonds. The lowest BCUT2D eigenvalue weighted by atomic mass is 9.98. The van der Waals surface area contributed by atoms with Gasteiger partial charge in [-0.05, 0) is 17.2 Å². The number of hydrogen-bond donors (Lipinski definition) is 0. The molecule has 2 aromatic heterocycles. The van der Waals surface area contributed by atoms with E-state index in [2.05, 4.69) is 46.7 Å². The molecule has 3 heterocycles. The minimum absolute atomic E-state index is 0.128. The van der Waals surface area contributed by atoms with Crippen molar-refractivity contribution in [2.24, 2.45) is 0 Å². The highest BCUT2D eigenvalue weighted by Crippen LogP contribution is 2.31. The maximum atomic E-state index is 12.7. The number of carbonyl (C=O) groups excluding carboxylic acids is 1. The third kappa shape index (κ3) is 3.64. The van der Waals surface area contributed by atoms with Crippen molar-refractivity contribution in [3.8, 4) is 22.4 Å². The van der Waals surface area contributed by atoms with Crippen molar-refractivity contribution >= 4 is 5.91 Å². The number of aryl methyl sites for hydroxylation is 1. The summed E-state index contributed by atoms with van der Waals surface area (Å²) in [5.41, 5.74) is 5.19. The van der Waals surface area contributed by atoms with E-state index in [0.29, 0.717) is 32.5 Å². The van der Waals surface area contributed by atoms with Gasteiger partial charge in [0.2, 0.25) is 5.91 Å². The summed E-state index contributed by atoms with van der Waals surface area (Å²) >= 11 is 0. The van der Waals surface area contributed by atoms with Gasteiger partial charge in [0.25, 0.3) is 0 Å². The van der Waals surface area contributed by atoms with E-state index in [1.807, 2.05) is 35.4 Å². The van der Waals surface area contributed by atoms with Gasteiger partial charge in [0.1, 0.15) is 11.5 Å². The fourth-order valence-electron chi connectivity index (χ4n) is 3.90. The highest BCUT2D eigenvalue weighted by Gasteiger charge is 2.27. The van der Waals surface area contributed by atoms with Gasteiger partial charge < -0.3 is 9.42 Å². The van der Waals surface area contributed by atoms with Crippen molar-refractivity contribution in [3.05, 3.63) is 84.4 Å². The first kappa shape index (κ1) is 18.4. The van der Waals surface area contributed by atoms with Gasteiger partial charge in [-0.2, -0.15) is 5.10 Å². The van der Waals surface area contributed by atoms with E-state index < -0.39 is 0 Å². The van der Waals surface area contributed by atoms with Crippen LogP contribution in [0.25, 0.3) is 22.4 Å². The average molecular weight is 398 g/mol. The summed E-state index contributed by atoms with van der Waals surface area (Å²) in [7, 11) is 0. The molecule has 0 saturated carbocycles. The average Bonchev–Trinajstić information content (AvgIpc) is 3.48. The number of hydrogen-bond acceptors (Lipinski definition) is 4. The molecule has 6 heteroatoms. The topological polar surface area (TPSA) is 64.2 Å². The summed E-state index contributed by atoms with van der Waals surface area (Å²) in [5, 5.41) is 8.49. The molecule has 0 saturated heterocycles. The molecule has 0 atom stereocenters. The molecule has 0 bridgehead atoms. The van der Waals surface area contributed by atoms with Gasteiger partial charge in [-0.1, -0.05) is 59.8 Å². The molecule has 2 aromatic carbocycles. The van der Waals surface area contributed by atoms with Crippen LogP contribution in [0.5, 0.6) is 0 Å². The molecule has 1 aliphatic rings. The lowest BCUT2D eigenvalue weighted by Crippen LogP contribution is -2.36. The Morgan fingerprint density at radius 1 is 0.967 bits per heavy atom. The Bertz CT molecular complexity index is 1130. The largest absolute Gasteiger partial charge is 0.360 e. The van der Waals surface area contributed by atoms with Crippen molar-refractivity contribution in [3.63, 3.8) is 0 Å². The minimum Gasteiger partial charge on any atom is -0.360 e. The number of rotatable bonds is 5.